The van der Waals surface area contributed by atoms with Gasteiger partial charge < -0.3 is 9.88 Å². The molecule has 2 heterocycles. The average Bonchev–Trinajstić information content (AvgIpc) is 3.33. The van der Waals surface area contributed by atoms with Crippen LogP contribution >= 0.6 is 0 Å². The topological polar surface area (TPSA) is 86.0 Å². The smallest absolute Gasteiger partial charge is 0.277 e. The summed E-state index contributed by atoms with van der Waals surface area (Å²) in [5, 5.41) is 3.57. The van der Waals surface area contributed by atoms with Gasteiger partial charge >= 0.3 is 0 Å². The first-order valence-corrected chi connectivity index (χ1v) is 14.1. The fourth-order valence-corrected chi connectivity index (χ4v) is 5.00. The Morgan fingerprint density at radius 1 is 1.02 bits per heavy atom. The summed E-state index contributed by atoms with van der Waals surface area (Å²) in [5.41, 5.74) is 4.36. The predicted octanol–water partition coefficient (Wildman–Crippen LogP) is 6.93. The highest BCUT2D eigenvalue weighted by Gasteiger charge is 2.18. The fourth-order valence-electron chi connectivity index (χ4n) is 5.00. The summed E-state index contributed by atoms with van der Waals surface area (Å²) in [5.74, 6) is -0.430. The van der Waals surface area contributed by atoms with Gasteiger partial charge in [-0.05, 0) is 60.9 Å². The number of halogens is 1. The number of aromatic nitrogens is 3. The molecule has 0 saturated heterocycles. The Hall–Kier alpha value is -4.85. The van der Waals surface area contributed by atoms with Gasteiger partial charge in [-0.1, -0.05) is 51.1 Å². The van der Waals surface area contributed by atoms with Crippen LogP contribution in [0, 0.1) is 18.7 Å². The number of anilines is 1. The maximum atomic E-state index is 13.9. The molecule has 0 radical (unpaired) electrons. The minimum absolute atomic E-state index is 0.00925. The van der Waals surface area contributed by atoms with E-state index in [4.69, 9.17) is 0 Å². The zero-order valence-corrected chi connectivity index (χ0v) is 24.1. The van der Waals surface area contributed by atoms with Crippen LogP contribution in [0.2, 0.25) is 0 Å². The largest absolute Gasteiger partial charge is 0.320 e. The number of benzene rings is 3. The molecule has 3 aromatic carbocycles. The van der Waals surface area contributed by atoms with E-state index in [2.05, 4.69) is 10.3 Å². The van der Waals surface area contributed by atoms with Crippen LogP contribution in [0.25, 0.3) is 28.0 Å². The van der Waals surface area contributed by atoms with E-state index in [1.807, 2.05) is 54.9 Å². The van der Waals surface area contributed by atoms with Crippen molar-refractivity contribution in [3.05, 3.63) is 112 Å². The third kappa shape index (κ3) is 5.65. The third-order valence-electron chi connectivity index (χ3n) is 7.62. The second-order valence-corrected chi connectivity index (χ2v) is 10.6. The van der Waals surface area contributed by atoms with Crippen molar-refractivity contribution >= 4 is 28.3 Å². The third-order valence-corrected chi connectivity index (χ3v) is 7.62. The zero-order chi connectivity index (χ0) is 30.0. The second kappa shape index (κ2) is 11.9. The molecule has 0 bridgehead atoms. The Bertz CT molecular complexity index is 1870. The average molecular weight is 565 g/mol. The second-order valence-electron chi connectivity index (χ2n) is 10.6. The predicted molar refractivity (Wildman–Crippen MR) is 164 cm³/mol. The van der Waals surface area contributed by atoms with E-state index in [0.717, 1.165) is 27.7 Å². The molecule has 5 aromatic rings. The van der Waals surface area contributed by atoms with Crippen molar-refractivity contribution in [2.75, 3.05) is 5.32 Å². The standard InChI is InChI=1S/C34H33FN4O3/c1-5-21(3)33(41)37-29-18-36-32(25-11-8-10-24(16-25)31(40)6-2)39(34(29)42)20-23-9-7-12-27(15-23)38-19-22(4)28-17-26(35)13-14-30(28)38/h7-19,21H,5-6,20H2,1-4H3,(H,37,41)/t21-/m1/s1. The van der Waals surface area contributed by atoms with Crippen LogP contribution in [0.15, 0.2) is 83.9 Å². The van der Waals surface area contributed by atoms with E-state index >= 15 is 0 Å². The normalized spacial score (nSPS) is 11.9. The number of aryl methyl sites for hydroxylation is 1. The summed E-state index contributed by atoms with van der Waals surface area (Å²) >= 11 is 0. The van der Waals surface area contributed by atoms with Gasteiger partial charge in [-0.15, -0.1) is 0 Å². The number of rotatable bonds is 9. The summed E-state index contributed by atoms with van der Waals surface area (Å²) in [6.07, 6.45) is 4.34. The molecule has 0 aliphatic heterocycles. The maximum Gasteiger partial charge on any atom is 0.277 e. The number of nitrogens with zero attached hydrogens (tertiary/aromatic N) is 3. The summed E-state index contributed by atoms with van der Waals surface area (Å²) in [6.45, 7) is 7.62. The first-order chi connectivity index (χ1) is 20.2. The SMILES string of the molecule is CCC(=O)c1cccc(-c2ncc(NC(=O)[C@H](C)CC)c(=O)n2Cc2cccc(-n3cc(C)c4cc(F)ccc43)c2)c1. The van der Waals surface area contributed by atoms with Crippen molar-refractivity contribution in [2.24, 2.45) is 5.92 Å². The molecule has 2 aromatic heterocycles. The Morgan fingerprint density at radius 2 is 1.81 bits per heavy atom. The monoisotopic (exact) mass is 564 g/mol. The van der Waals surface area contributed by atoms with Gasteiger partial charge in [0.1, 0.15) is 17.3 Å². The Morgan fingerprint density at radius 3 is 2.57 bits per heavy atom. The molecule has 0 unspecified atom stereocenters. The molecule has 7 nitrogen and oxygen atoms in total. The van der Waals surface area contributed by atoms with Crippen molar-refractivity contribution in [1.82, 2.24) is 14.1 Å². The van der Waals surface area contributed by atoms with Gasteiger partial charge in [0.25, 0.3) is 5.56 Å². The molecular weight excluding hydrogens is 531 g/mol. The molecule has 42 heavy (non-hydrogen) atoms. The van der Waals surface area contributed by atoms with Crippen LogP contribution in [-0.2, 0) is 11.3 Å². The lowest BCUT2D eigenvalue weighted by atomic mass is 10.0. The van der Waals surface area contributed by atoms with Crippen LogP contribution in [0.3, 0.4) is 0 Å². The number of Topliss-reactive ketones (excluding diaryl/α,β-unsaturated/α-hetero) is 1. The highest BCUT2D eigenvalue weighted by Crippen LogP contribution is 2.26. The quantitative estimate of drug-likeness (QED) is 0.197. The molecular formula is C34H33FN4O3. The van der Waals surface area contributed by atoms with Crippen LogP contribution in [-0.4, -0.2) is 25.8 Å². The van der Waals surface area contributed by atoms with E-state index in [0.29, 0.717) is 29.8 Å². The summed E-state index contributed by atoms with van der Waals surface area (Å²) in [4.78, 5) is 43.5. The van der Waals surface area contributed by atoms with E-state index < -0.39 is 5.56 Å². The van der Waals surface area contributed by atoms with Gasteiger partial charge in [-0.2, -0.15) is 0 Å². The van der Waals surface area contributed by atoms with Gasteiger partial charge in [0.2, 0.25) is 5.91 Å². The van der Waals surface area contributed by atoms with Crippen LogP contribution in [0.5, 0.6) is 0 Å². The molecule has 0 spiro atoms. The first kappa shape index (κ1) is 28.7. The number of hydrogen-bond acceptors (Lipinski definition) is 4. The van der Waals surface area contributed by atoms with Crippen LogP contribution < -0.4 is 10.9 Å². The van der Waals surface area contributed by atoms with Crippen molar-refractivity contribution in [2.45, 2.75) is 47.1 Å². The lowest BCUT2D eigenvalue weighted by Gasteiger charge is -2.16. The summed E-state index contributed by atoms with van der Waals surface area (Å²) < 4.78 is 17.4. The molecule has 1 atom stereocenters. The fraction of sp³-hybridized carbons (Fsp3) is 0.235. The minimum Gasteiger partial charge on any atom is -0.320 e. The molecule has 0 saturated carbocycles. The van der Waals surface area contributed by atoms with E-state index in [1.54, 1.807) is 38.1 Å². The number of hydrogen-bond donors (Lipinski definition) is 1. The summed E-state index contributed by atoms with van der Waals surface area (Å²) in [6, 6.07) is 19.5. The lowest BCUT2D eigenvalue weighted by Crippen LogP contribution is -2.30. The molecule has 5 rings (SSSR count). The van der Waals surface area contributed by atoms with Gasteiger partial charge in [-0.3, -0.25) is 19.0 Å². The highest BCUT2D eigenvalue weighted by molar-refractivity contribution is 5.97. The lowest BCUT2D eigenvalue weighted by molar-refractivity contribution is -0.119. The van der Waals surface area contributed by atoms with Crippen LogP contribution in [0.1, 0.15) is 55.1 Å². The van der Waals surface area contributed by atoms with Crippen LogP contribution in [0.4, 0.5) is 10.1 Å². The van der Waals surface area contributed by atoms with Crippen molar-refractivity contribution in [1.29, 1.82) is 0 Å². The minimum atomic E-state index is -0.396. The van der Waals surface area contributed by atoms with Gasteiger partial charge in [0.05, 0.1) is 18.3 Å². The molecule has 8 heteroatoms. The number of fused-ring (bicyclic) bond motifs is 1. The maximum absolute atomic E-state index is 13.9. The van der Waals surface area contributed by atoms with Gasteiger partial charge in [0.15, 0.2) is 5.78 Å². The van der Waals surface area contributed by atoms with Gasteiger partial charge in [-0.25, -0.2) is 9.37 Å². The highest BCUT2D eigenvalue weighted by atomic mass is 19.1. The Balaban J connectivity index is 1.60. The van der Waals surface area contributed by atoms with E-state index in [-0.39, 0.29) is 35.7 Å². The van der Waals surface area contributed by atoms with Crippen molar-refractivity contribution in [3.63, 3.8) is 0 Å². The number of amides is 1. The molecule has 0 aliphatic rings. The zero-order valence-electron chi connectivity index (χ0n) is 24.1. The Labute approximate surface area is 243 Å². The number of ketones is 1. The van der Waals surface area contributed by atoms with Gasteiger partial charge in [0, 0.05) is 40.7 Å². The molecule has 1 amide bonds. The van der Waals surface area contributed by atoms with Crippen molar-refractivity contribution < 1.29 is 14.0 Å². The molecule has 0 fully saturated rings. The number of nitrogens with one attached hydrogen (secondary N) is 1. The first-order valence-electron chi connectivity index (χ1n) is 14.1. The molecule has 214 valence electrons. The van der Waals surface area contributed by atoms with E-state index in [1.165, 1.54) is 22.9 Å². The number of carbonyl (C=O) groups is 2. The molecule has 1 N–H and O–H groups in total. The van der Waals surface area contributed by atoms with E-state index in [9.17, 15) is 18.8 Å². The van der Waals surface area contributed by atoms with Crippen molar-refractivity contribution in [3.8, 4) is 17.1 Å². The number of carbonyl (C=O) groups excluding carboxylic acids is 2. The summed E-state index contributed by atoms with van der Waals surface area (Å²) in [7, 11) is 0. The Kier molecular flexibility index (Phi) is 8.15. The molecule has 0 aliphatic carbocycles.